The topological polar surface area (TPSA) is 15.3 Å². The Bertz CT molecular complexity index is 193. The monoisotopic (exact) mass is 196 g/mol. The molecule has 2 nitrogen and oxygen atoms in total. The molecule has 2 heteroatoms. The van der Waals surface area contributed by atoms with Crippen LogP contribution in [0.2, 0.25) is 0 Å². The second kappa shape index (κ2) is 4.19. The Balaban J connectivity index is 1.85. The Hall–Kier alpha value is -0.0800. The molecule has 2 aliphatic heterocycles. The molecule has 0 radical (unpaired) electrons. The summed E-state index contributed by atoms with van der Waals surface area (Å²) >= 11 is 0. The summed E-state index contributed by atoms with van der Waals surface area (Å²) in [5.74, 6) is 2.68. The van der Waals surface area contributed by atoms with Crippen molar-refractivity contribution >= 4 is 0 Å². The Morgan fingerprint density at radius 3 is 2.50 bits per heavy atom. The van der Waals surface area contributed by atoms with Gasteiger partial charge in [0.05, 0.1) is 0 Å². The highest BCUT2D eigenvalue weighted by molar-refractivity contribution is 4.86. The first-order valence-corrected chi connectivity index (χ1v) is 6.11. The second-order valence-electron chi connectivity index (χ2n) is 5.54. The highest BCUT2D eigenvalue weighted by Crippen LogP contribution is 2.26. The maximum atomic E-state index is 3.50. The van der Waals surface area contributed by atoms with Crippen LogP contribution in [0.3, 0.4) is 0 Å². The molecule has 4 unspecified atom stereocenters. The van der Waals surface area contributed by atoms with E-state index in [-0.39, 0.29) is 0 Å². The van der Waals surface area contributed by atoms with E-state index in [9.17, 15) is 0 Å². The third-order valence-corrected chi connectivity index (χ3v) is 4.06. The lowest BCUT2D eigenvalue weighted by Gasteiger charge is -2.26. The molecule has 0 aromatic heterocycles. The van der Waals surface area contributed by atoms with E-state index in [0.29, 0.717) is 0 Å². The van der Waals surface area contributed by atoms with E-state index in [1.54, 1.807) is 0 Å². The predicted octanol–water partition coefficient (Wildman–Crippen LogP) is 1.57. The summed E-state index contributed by atoms with van der Waals surface area (Å²) < 4.78 is 0. The van der Waals surface area contributed by atoms with Crippen LogP contribution < -0.4 is 5.32 Å². The zero-order valence-corrected chi connectivity index (χ0v) is 9.79. The third-order valence-electron chi connectivity index (χ3n) is 4.06. The minimum absolute atomic E-state index is 0.817. The zero-order chi connectivity index (χ0) is 10.1. The molecule has 82 valence electrons. The van der Waals surface area contributed by atoms with Crippen molar-refractivity contribution in [3.05, 3.63) is 0 Å². The van der Waals surface area contributed by atoms with Crippen molar-refractivity contribution in [1.29, 1.82) is 0 Å². The molecule has 0 aromatic carbocycles. The van der Waals surface area contributed by atoms with Crippen LogP contribution >= 0.6 is 0 Å². The van der Waals surface area contributed by atoms with Crippen molar-refractivity contribution in [2.75, 3.05) is 26.2 Å². The van der Waals surface area contributed by atoms with Crippen LogP contribution in [0.15, 0.2) is 0 Å². The van der Waals surface area contributed by atoms with Crippen molar-refractivity contribution in [3.63, 3.8) is 0 Å². The van der Waals surface area contributed by atoms with E-state index in [1.807, 2.05) is 0 Å². The molecule has 0 aromatic rings. The van der Waals surface area contributed by atoms with Crippen molar-refractivity contribution in [3.8, 4) is 0 Å². The van der Waals surface area contributed by atoms with Gasteiger partial charge in [0, 0.05) is 19.1 Å². The molecule has 0 amide bonds. The van der Waals surface area contributed by atoms with Crippen LogP contribution in [0.5, 0.6) is 0 Å². The van der Waals surface area contributed by atoms with Gasteiger partial charge in [-0.1, -0.05) is 13.8 Å². The molecule has 2 aliphatic rings. The molecule has 2 heterocycles. The lowest BCUT2D eigenvalue weighted by molar-refractivity contribution is 0.210. The molecule has 0 spiro atoms. The third kappa shape index (κ3) is 2.12. The number of likely N-dealkylation sites (tertiary alicyclic amines) is 1. The first kappa shape index (κ1) is 10.4. The first-order valence-electron chi connectivity index (χ1n) is 6.11. The van der Waals surface area contributed by atoms with Gasteiger partial charge in [-0.25, -0.2) is 0 Å². The Morgan fingerprint density at radius 2 is 2.00 bits per heavy atom. The molecule has 14 heavy (non-hydrogen) atoms. The molecule has 0 bridgehead atoms. The lowest BCUT2D eigenvalue weighted by atomic mass is 9.97. The van der Waals surface area contributed by atoms with E-state index in [1.165, 1.54) is 32.6 Å². The lowest BCUT2D eigenvalue weighted by Crippen LogP contribution is -2.34. The Morgan fingerprint density at radius 1 is 1.21 bits per heavy atom. The molecule has 0 aliphatic carbocycles. The van der Waals surface area contributed by atoms with Crippen LogP contribution in [0, 0.1) is 17.8 Å². The summed E-state index contributed by atoms with van der Waals surface area (Å²) in [6.07, 6.45) is 1.40. The fourth-order valence-corrected chi connectivity index (χ4v) is 3.05. The first-order chi connectivity index (χ1) is 6.66. The van der Waals surface area contributed by atoms with E-state index in [2.05, 4.69) is 31.0 Å². The largest absolute Gasteiger partial charge is 0.316 e. The van der Waals surface area contributed by atoms with E-state index < -0.39 is 0 Å². The summed E-state index contributed by atoms with van der Waals surface area (Å²) in [7, 11) is 0. The van der Waals surface area contributed by atoms with Crippen molar-refractivity contribution in [2.24, 2.45) is 17.8 Å². The van der Waals surface area contributed by atoms with Gasteiger partial charge in [0.2, 0.25) is 0 Å². The number of nitrogens with zero attached hydrogens (tertiary/aromatic N) is 1. The van der Waals surface area contributed by atoms with Crippen molar-refractivity contribution < 1.29 is 0 Å². The average molecular weight is 196 g/mol. The van der Waals surface area contributed by atoms with Crippen LogP contribution in [-0.2, 0) is 0 Å². The molecule has 0 saturated carbocycles. The number of rotatable bonds is 2. The average Bonchev–Trinajstić information content (AvgIpc) is 2.62. The van der Waals surface area contributed by atoms with Crippen molar-refractivity contribution in [1.82, 2.24) is 10.2 Å². The maximum absolute atomic E-state index is 3.50. The van der Waals surface area contributed by atoms with E-state index in [0.717, 1.165) is 23.8 Å². The van der Waals surface area contributed by atoms with E-state index >= 15 is 0 Å². The van der Waals surface area contributed by atoms with Crippen molar-refractivity contribution in [2.45, 2.75) is 33.2 Å². The van der Waals surface area contributed by atoms with Gasteiger partial charge in [-0.2, -0.15) is 0 Å². The summed E-state index contributed by atoms with van der Waals surface area (Å²) in [5, 5.41) is 3.50. The van der Waals surface area contributed by atoms with Gasteiger partial charge >= 0.3 is 0 Å². The van der Waals surface area contributed by atoms with Crippen LogP contribution in [0.25, 0.3) is 0 Å². The normalized spacial score (nSPS) is 44.8. The molecule has 1 N–H and O–H groups in total. The second-order valence-corrected chi connectivity index (χ2v) is 5.54. The number of hydrogen-bond donors (Lipinski definition) is 1. The van der Waals surface area contributed by atoms with Gasteiger partial charge in [-0.05, 0) is 44.2 Å². The summed E-state index contributed by atoms with van der Waals surface area (Å²) in [6, 6.07) is 0.817. The molecule has 2 saturated heterocycles. The van der Waals surface area contributed by atoms with Crippen LogP contribution in [0.1, 0.15) is 27.2 Å². The smallest absolute Gasteiger partial charge is 0.00701 e. The minimum Gasteiger partial charge on any atom is -0.316 e. The summed E-state index contributed by atoms with van der Waals surface area (Å²) in [5.41, 5.74) is 0. The highest BCUT2D eigenvalue weighted by Gasteiger charge is 2.31. The predicted molar refractivity (Wildman–Crippen MR) is 60.3 cm³/mol. The van der Waals surface area contributed by atoms with Gasteiger partial charge in [-0.15, -0.1) is 0 Å². The molecular weight excluding hydrogens is 172 g/mol. The Labute approximate surface area is 88.1 Å². The molecule has 2 rings (SSSR count). The van der Waals surface area contributed by atoms with Gasteiger partial charge in [0.25, 0.3) is 0 Å². The van der Waals surface area contributed by atoms with Crippen LogP contribution in [0.4, 0.5) is 0 Å². The highest BCUT2D eigenvalue weighted by atomic mass is 15.2. The summed E-state index contributed by atoms with van der Waals surface area (Å²) in [6.45, 7) is 12.3. The minimum atomic E-state index is 0.817. The van der Waals surface area contributed by atoms with Crippen LogP contribution in [-0.4, -0.2) is 37.1 Å². The van der Waals surface area contributed by atoms with Gasteiger partial charge < -0.3 is 10.2 Å². The van der Waals surface area contributed by atoms with Gasteiger partial charge in [0.15, 0.2) is 0 Å². The fraction of sp³-hybridized carbons (Fsp3) is 1.00. The SMILES string of the molecule is CC1CC(C)N(CC2CNCC2C)C1. The zero-order valence-electron chi connectivity index (χ0n) is 9.79. The molecule has 4 atom stereocenters. The summed E-state index contributed by atoms with van der Waals surface area (Å²) in [4.78, 5) is 2.69. The fourth-order valence-electron chi connectivity index (χ4n) is 3.05. The number of nitrogens with one attached hydrogen (secondary N) is 1. The number of hydrogen-bond acceptors (Lipinski definition) is 2. The standard InChI is InChI=1S/C12H24N2/c1-9-4-11(3)14(7-9)8-12-6-13-5-10(12)2/h9-13H,4-8H2,1-3H3. The van der Waals surface area contributed by atoms with Gasteiger partial charge in [0.1, 0.15) is 0 Å². The Kier molecular flexibility index (Phi) is 3.13. The molecular formula is C12H24N2. The molecule has 2 fully saturated rings. The quantitative estimate of drug-likeness (QED) is 0.721. The van der Waals surface area contributed by atoms with E-state index in [4.69, 9.17) is 0 Å². The maximum Gasteiger partial charge on any atom is 0.00701 e. The van der Waals surface area contributed by atoms with Gasteiger partial charge in [-0.3, -0.25) is 0 Å².